The molecular weight excluding hydrogens is 250 g/mol. The molecule has 1 N–H and O–H groups in total. The molecule has 0 saturated carbocycles. The van der Waals surface area contributed by atoms with E-state index in [2.05, 4.69) is 26.2 Å². The molecule has 5 nitrogen and oxygen atoms in total. The second-order valence-electron chi connectivity index (χ2n) is 2.84. The molecule has 0 amide bonds. The number of hydrogen-bond acceptors (Lipinski definition) is 3. The molecule has 0 aliphatic heterocycles. The lowest BCUT2D eigenvalue weighted by Gasteiger charge is -1.98. The number of nitrogens with zero attached hydrogens (tertiary/aromatic N) is 3. The predicted octanol–water partition coefficient (Wildman–Crippen LogP) is 1.43. The van der Waals surface area contributed by atoms with Gasteiger partial charge in [-0.2, -0.15) is 0 Å². The van der Waals surface area contributed by atoms with Crippen LogP contribution in [0.4, 0.5) is 0 Å². The van der Waals surface area contributed by atoms with Gasteiger partial charge in [0.25, 0.3) is 0 Å². The van der Waals surface area contributed by atoms with Gasteiger partial charge in [0.05, 0.1) is 5.56 Å². The first-order valence-electron chi connectivity index (χ1n) is 3.82. The average molecular weight is 256 g/mol. The molecule has 0 aliphatic rings. The molecule has 0 radical (unpaired) electrons. The van der Waals surface area contributed by atoms with Crippen LogP contribution in [0.15, 0.2) is 16.6 Å². The Balaban J connectivity index is 2.80. The number of fused-ring (bicyclic) bond motifs is 1. The molecule has 0 fully saturated rings. The minimum absolute atomic E-state index is 0.199. The Kier molecular flexibility index (Phi) is 1.99. The van der Waals surface area contributed by atoms with E-state index >= 15 is 0 Å². The highest BCUT2D eigenvalue weighted by Gasteiger charge is 2.11. The molecule has 14 heavy (non-hydrogen) atoms. The van der Waals surface area contributed by atoms with Crippen molar-refractivity contribution in [2.45, 2.75) is 0 Å². The van der Waals surface area contributed by atoms with Gasteiger partial charge in [-0.25, -0.2) is 9.48 Å². The summed E-state index contributed by atoms with van der Waals surface area (Å²) in [7, 11) is 1.75. The van der Waals surface area contributed by atoms with E-state index in [0.717, 1.165) is 5.52 Å². The van der Waals surface area contributed by atoms with Gasteiger partial charge in [0.15, 0.2) is 0 Å². The second-order valence-corrected chi connectivity index (χ2v) is 3.70. The van der Waals surface area contributed by atoms with E-state index < -0.39 is 5.97 Å². The molecule has 1 aromatic heterocycles. The third kappa shape index (κ3) is 1.27. The first kappa shape index (κ1) is 9.14. The van der Waals surface area contributed by atoms with Crippen molar-refractivity contribution in [1.29, 1.82) is 0 Å². The number of carboxylic acid groups (broad SMARTS) is 1. The van der Waals surface area contributed by atoms with Gasteiger partial charge < -0.3 is 5.11 Å². The minimum Gasteiger partial charge on any atom is -0.478 e. The monoisotopic (exact) mass is 255 g/mol. The van der Waals surface area contributed by atoms with Crippen LogP contribution >= 0.6 is 15.9 Å². The maximum Gasteiger partial charge on any atom is 0.335 e. The maximum atomic E-state index is 10.7. The van der Waals surface area contributed by atoms with Gasteiger partial charge >= 0.3 is 5.97 Å². The maximum absolute atomic E-state index is 10.7. The highest BCUT2D eigenvalue weighted by atomic mass is 79.9. The lowest BCUT2D eigenvalue weighted by atomic mass is 10.2. The van der Waals surface area contributed by atoms with Gasteiger partial charge in [0.2, 0.25) is 0 Å². The Morgan fingerprint density at radius 3 is 2.93 bits per heavy atom. The Labute approximate surface area is 87.5 Å². The van der Waals surface area contributed by atoms with E-state index in [1.807, 2.05) is 0 Å². The SMILES string of the molecule is Cn1nnc2cc(C(=O)O)cc(Br)c21. The van der Waals surface area contributed by atoms with E-state index in [1.165, 1.54) is 12.1 Å². The van der Waals surface area contributed by atoms with Crippen molar-refractivity contribution in [3.05, 3.63) is 22.2 Å². The molecule has 1 aromatic carbocycles. The van der Waals surface area contributed by atoms with Gasteiger partial charge in [-0.3, -0.25) is 0 Å². The summed E-state index contributed by atoms with van der Waals surface area (Å²) in [5.41, 5.74) is 1.55. The van der Waals surface area contributed by atoms with Crippen LogP contribution in [0.25, 0.3) is 11.0 Å². The standard InChI is InChI=1S/C8H6BrN3O2/c1-12-7-5(9)2-4(8(13)14)3-6(7)10-11-12/h2-3H,1H3,(H,13,14). The van der Waals surface area contributed by atoms with Crippen molar-refractivity contribution in [3.63, 3.8) is 0 Å². The summed E-state index contributed by atoms with van der Waals surface area (Å²) in [6.45, 7) is 0. The molecule has 0 atom stereocenters. The van der Waals surface area contributed by atoms with Gasteiger partial charge in [-0.15, -0.1) is 5.10 Å². The van der Waals surface area contributed by atoms with Crippen LogP contribution in [0, 0.1) is 0 Å². The fourth-order valence-corrected chi connectivity index (χ4v) is 1.97. The third-order valence-corrected chi connectivity index (χ3v) is 2.50. The van der Waals surface area contributed by atoms with E-state index in [1.54, 1.807) is 11.7 Å². The number of aryl methyl sites for hydroxylation is 1. The molecule has 6 heteroatoms. The normalized spacial score (nSPS) is 10.7. The van der Waals surface area contributed by atoms with Crippen LogP contribution in [0.2, 0.25) is 0 Å². The molecular formula is C8H6BrN3O2. The highest BCUT2D eigenvalue weighted by Crippen LogP contribution is 2.23. The van der Waals surface area contributed by atoms with E-state index in [0.29, 0.717) is 9.99 Å². The molecule has 2 aromatic rings. The fraction of sp³-hybridized carbons (Fsp3) is 0.125. The second kappa shape index (κ2) is 3.06. The van der Waals surface area contributed by atoms with Crippen molar-refractivity contribution in [3.8, 4) is 0 Å². The third-order valence-electron chi connectivity index (χ3n) is 1.90. The number of benzene rings is 1. The smallest absolute Gasteiger partial charge is 0.335 e. The largest absolute Gasteiger partial charge is 0.478 e. The molecule has 1 heterocycles. The Morgan fingerprint density at radius 1 is 1.57 bits per heavy atom. The summed E-state index contributed by atoms with van der Waals surface area (Å²) in [4.78, 5) is 10.7. The number of carboxylic acids is 1. The molecule has 0 unspecified atom stereocenters. The zero-order chi connectivity index (χ0) is 10.3. The molecule has 0 bridgehead atoms. The van der Waals surface area contributed by atoms with Crippen LogP contribution in [0.1, 0.15) is 10.4 Å². The number of hydrogen-bond donors (Lipinski definition) is 1. The summed E-state index contributed by atoms with van der Waals surface area (Å²) in [6.07, 6.45) is 0. The average Bonchev–Trinajstić information content (AvgIpc) is 2.48. The Hall–Kier alpha value is -1.43. The van der Waals surface area contributed by atoms with Crippen LogP contribution in [0.3, 0.4) is 0 Å². The highest BCUT2D eigenvalue weighted by molar-refractivity contribution is 9.10. The topological polar surface area (TPSA) is 68.0 Å². The Morgan fingerprint density at radius 2 is 2.29 bits per heavy atom. The van der Waals surface area contributed by atoms with Crippen LogP contribution in [0.5, 0.6) is 0 Å². The lowest BCUT2D eigenvalue weighted by Crippen LogP contribution is -1.97. The van der Waals surface area contributed by atoms with Crippen molar-refractivity contribution in [2.75, 3.05) is 0 Å². The molecule has 0 spiro atoms. The number of halogens is 1. The molecule has 72 valence electrons. The summed E-state index contributed by atoms with van der Waals surface area (Å²) in [5, 5.41) is 16.4. The fourth-order valence-electron chi connectivity index (χ4n) is 1.26. The van der Waals surface area contributed by atoms with Crippen LogP contribution in [-0.2, 0) is 7.05 Å². The van der Waals surface area contributed by atoms with E-state index in [9.17, 15) is 4.79 Å². The quantitative estimate of drug-likeness (QED) is 0.837. The van der Waals surface area contributed by atoms with Gasteiger partial charge in [-0.1, -0.05) is 5.21 Å². The first-order valence-corrected chi connectivity index (χ1v) is 4.61. The van der Waals surface area contributed by atoms with Gasteiger partial charge in [0.1, 0.15) is 11.0 Å². The molecule has 0 saturated heterocycles. The minimum atomic E-state index is -0.974. The van der Waals surface area contributed by atoms with E-state index in [-0.39, 0.29) is 5.56 Å². The van der Waals surface area contributed by atoms with Crippen molar-refractivity contribution < 1.29 is 9.90 Å². The number of carbonyl (C=O) groups is 1. The molecule has 2 rings (SSSR count). The van der Waals surface area contributed by atoms with Crippen molar-refractivity contribution in [1.82, 2.24) is 15.0 Å². The van der Waals surface area contributed by atoms with Gasteiger partial charge in [-0.05, 0) is 28.1 Å². The zero-order valence-electron chi connectivity index (χ0n) is 7.23. The number of aromatic carboxylic acids is 1. The molecule has 0 aliphatic carbocycles. The van der Waals surface area contributed by atoms with Crippen LogP contribution < -0.4 is 0 Å². The van der Waals surface area contributed by atoms with Crippen molar-refractivity contribution in [2.24, 2.45) is 7.05 Å². The predicted molar refractivity (Wildman–Crippen MR) is 53.2 cm³/mol. The summed E-state index contributed by atoms with van der Waals surface area (Å²) >= 11 is 3.28. The summed E-state index contributed by atoms with van der Waals surface area (Å²) < 4.78 is 2.27. The zero-order valence-corrected chi connectivity index (χ0v) is 8.82. The number of rotatable bonds is 1. The van der Waals surface area contributed by atoms with Gasteiger partial charge in [0, 0.05) is 11.5 Å². The lowest BCUT2D eigenvalue weighted by molar-refractivity contribution is 0.0697. The van der Waals surface area contributed by atoms with E-state index in [4.69, 9.17) is 5.11 Å². The number of aromatic nitrogens is 3. The first-order chi connectivity index (χ1) is 6.59. The van der Waals surface area contributed by atoms with Crippen LogP contribution in [-0.4, -0.2) is 26.1 Å². The summed E-state index contributed by atoms with van der Waals surface area (Å²) in [6, 6.07) is 3.03. The van der Waals surface area contributed by atoms with Crippen molar-refractivity contribution >= 4 is 32.9 Å². The summed E-state index contributed by atoms with van der Waals surface area (Å²) in [5.74, 6) is -0.974. The Bertz CT molecular complexity index is 521.